The maximum absolute atomic E-state index is 13.5. The molecule has 0 heterocycles. The Hall–Kier alpha value is 1.63. The first-order chi connectivity index (χ1) is 17.5. The van der Waals surface area contributed by atoms with Gasteiger partial charge in [0.25, 0.3) is 0 Å². The minimum absolute atomic E-state index is 0. The van der Waals surface area contributed by atoms with Crippen LogP contribution in [0, 0.1) is 144 Å². The summed E-state index contributed by atoms with van der Waals surface area (Å²) < 4.78 is 0. The van der Waals surface area contributed by atoms with Gasteiger partial charge < -0.3 is 37.2 Å². The van der Waals surface area contributed by atoms with Crippen LogP contribution in [0.3, 0.4) is 0 Å². The molecule has 40 heavy (non-hydrogen) atoms. The van der Waals surface area contributed by atoms with E-state index in [1.165, 1.54) is 12.1 Å². The molecular formula is C27H46Ac3N5O5-. The summed E-state index contributed by atoms with van der Waals surface area (Å²) in [4.78, 5) is 39.5. The third-order valence-corrected chi connectivity index (χ3v) is 6.26. The Morgan fingerprint density at radius 1 is 0.825 bits per heavy atom. The summed E-state index contributed by atoms with van der Waals surface area (Å²) in [6.07, 6.45) is 2.48. The Bertz CT molecular complexity index is 846. The Labute approximate surface area is 347 Å². The van der Waals surface area contributed by atoms with Gasteiger partial charge >= 0.3 is 0 Å². The number of aliphatic hydroxyl groups excluding tert-OH is 1. The number of amides is 3. The maximum atomic E-state index is 13.5. The van der Waals surface area contributed by atoms with Gasteiger partial charge in [0.05, 0.1) is 18.7 Å². The molecule has 0 aliphatic carbocycles. The van der Waals surface area contributed by atoms with Crippen LogP contribution in [0.5, 0.6) is 5.75 Å². The second-order valence-corrected chi connectivity index (χ2v) is 10.3. The summed E-state index contributed by atoms with van der Waals surface area (Å²) >= 11 is 0. The molecule has 0 spiro atoms. The van der Waals surface area contributed by atoms with Crippen LogP contribution in [0.4, 0.5) is 0 Å². The van der Waals surface area contributed by atoms with Gasteiger partial charge in [-0.25, -0.2) is 0 Å². The summed E-state index contributed by atoms with van der Waals surface area (Å²) in [5.74, 6) is -0.994. The molecule has 2 unspecified atom stereocenters. The van der Waals surface area contributed by atoms with E-state index in [1.807, 2.05) is 27.7 Å². The molecule has 1 rings (SSSR count). The first-order valence-electron chi connectivity index (χ1n) is 13.1. The molecule has 1 aromatic rings. The van der Waals surface area contributed by atoms with E-state index < -0.39 is 30.1 Å². The van der Waals surface area contributed by atoms with Crippen LogP contribution >= 0.6 is 0 Å². The number of likely N-dealkylation sites (N-methyl/N-ethyl adjacent to an activating group) is 1. The predicted octanol–water partition coefficient (Wildman–Crippen LogP) is 1.89. The summed E-state index contributed by atoms with van der Waals surface area (Å²) in [6.45, 7) is 7.75. The molecule has 3 radical (unpaired) electrons. The number of carbonyl (C=O) groups excluding carboxylic acids is 3. The third-order valence-electron chi connectivity index (χ3n) is 6.26. The maximum Gasteiger partial charge on any atom is 0.243 e. The molecule has 1 aromatic carbocycles. The van der Waals surface area contributed by atoms with Gasteiger partial charge in [0.15, 0.2) is 0 Å². The molecule has 0 aliphatic heterocycles. The average Bonchev–Trinajstić information content (AvgIpc) is 2.84. The minimum atomic E-state index is -0.953. The number of nitrogens with one attached hydrogen (secondary N) is 5. The first-order valence-corrected chi connectivity index (χ1v) is 13.1. The van der Waals surface area contributed by atoms with Crippen LogP contribution in [0.2, 0.25) is 0 Å². The van der Waals surface area contributed by atoms with Gasteiger partial charge in [-0.1, -0.05) is 52.7 Å². The molecule has 10 nitrogen and oxygen atoms in total. The van der Waals surface area contributed by atoms with Crippen molar-refractivity contribution >= 4 is 17.7 Å². The molecule has 0 aromatic heterocycles. The van der Waals surface area contributed by atoms with Crippen molar-refractivity contribution in [1.29, 1.82) is 0 Å². The van der Waals surface area contributed by atoms with E-state index in [4.69, 9.17) is 5.73 Å². The second-order valence-electron chi connectivity index (χ2n) is 10.3. The number of carbonyl (C=O) groups is 3. The van der Waals surface area contributed by atoms with Crippen LogP contribution in [0.1, 0.15) is 58.9 Å². The zero-order valence-electron chi connectivity index (χ0n) is 24.6. The van der Waals surface area contributed by atoms with E-state index in [9.17, 15) is 24.6 Å². The number of hydrogen-bond acceptors (Lipinski definition) is 6. The van der Waals surface area contributed by atoms with Crippen LogP contribution < -0.4 is 21.3 Å². The van der Waals surface area contributed by atoms with Crippen molar-refractivity contribution in [3.8, 4) is 5.75 Å². The Balaban J connectivity index is -0.00000456. The van der Waals surface area contributed by atoms with Gasteiger partial charge in [-0.2, -0.15) is 6.54 Å². The molecular weight excluding hydrogens is 1160 g/mol. The Morgan fingerprint density at radius 3 is 1.82 bits per heavy atom. The number of rotatable bonds is 17. The van der Waals surface area contributed by atoms with Crippen molar-refractivity contribution < 1.29 is 157 Å². The number of aliphatic hydroxyl groups is 1. The van der Waals surface area contributed by atoms with Crippen LogP contribution in [-0.4, -0.2) is 72.3 Å². The zero-order chi connectivity index (χ0) is 28.0. The number of phenols is 1. The van der Waals surface area contributed by atoms with Crippen LogP contribution in [0.25, 0.3) is 5.73 Å². The van der Waals surface area contributed by atoms with E-state index in [0.717, 1.165) is 5.56 Å². The molecule has 0 saturated heterocycles. The molecule has 0 bridgehead atoms. The summed E-state index contributed by atoms with van der Waals surface area (Å²) in [6, 6.07) is 3.64. The fraction of sp³-hybridized carbons (Fsp3) is 0.667. The van der Waals surface area contributed by atoms with Crippen LogP contribution in [0.15, 0.2) is 24.3 Å². The zero-order valence-corrected chi connectivity index (χ0v) is 38.8. The summed E-state index contributed by atoms with van der Waals surface area (Å²) in [7, 11) is 1.68. The molecule has 13 heteroatoms. The summed E-state index contributed by atoms with van der Waals surface area (Å²) in [5.41, 5.74) is 8.04. The first kappa shape index (κ1) is 46.1. The fourth-order valence-electron chi connectivity index (χ4n) is 3.91. The third kappa shape index (κ3) is 18.4. The second kappa shape index (κ2) is 25.9. The number of phenolic OH excluding ortho intramolecular Hbond substituents is 1. The smallest absolute Gasteiger partial charge is 0.243 e. The average molecular weight is 1200 g/mol. The number of unbranched alkanes of at least 4 members (excludes halogenated alkanes) is 1. The van der Waals surface area contributed by atoms with Crippen molar-refractivity contribution in [2.45, 2.75) is 84.0 Å². The van der Waals surface area contributed by atoms with Gasteiger partial charge in [-0.15, -0.1) is 0 Å². The molecule has 7 N–H and O–H groups in total. The fourth-order valence-corrected chi connectivity index (χ4v) is 3.91. The molecule has 0 aliphatic rings. The van der Waals surface area contributed by atoms with Crippen molar-refractivity contribution in [3.05, 3.63) is 35.6 Å². The van der Waals surface area contributed by atoms with Crippen molar-refractivity contribution in [2.75, 3.05) is 20.2 Å². The minimum Gasteiger partial charge on any atom is -0.677 e. The van der Waals surface area contributed by atoms with Gasteiger partial charge in [-0.05, 0) is 49.4 Å². The Kier molecular flexibility index (Phi) is 29.8. The monoisotopic (exact) mass is 1200 g/mol. The number of aromatic hydroxyl groups is 1. The molecule has 0 saturated carbocycles. The molecule has 0 fully saturated rings. The van der Waals surface area contributed by atoms with Gasteiger partial charge in [0.2, 0.25) is 17.7 Å². The number of benzene rings is 1. The van der Waals surface area contributed by atoms with Gasteiger partial charge in [0, 0.05) is 139 Å². The molecule has 3 amide bonds. The molecule has 4 atom stereocenters. The van der Waals surface area contributed by atoms with Crippen molar-refractivity contribution in [1.82, 2.24) is 21.3 Å². The largest absolute Gasteiger partial charge is 0.677 e. The van der Waals surface area contributed by atoms with E-state index >= 15 is 0 Å². The SMILES string of the molecule is CNC(CCCC[NH-])C(=O)N[C@H](Cc1ccc(O)cc1)C(=O)NC(CC(C)C)C(=O)N[C@H](CO)C(C)C.[Ac].[Ac].[Ac]. The van der Waals surface area contributed by atoms with E-state index in [0.29, 0.717) is 25.7 Å². The topological polar surface area (TPSA) is 164 Å². The van der Waals surface area contributed by atoms with E-state index in [-0.39, 0.29) is 181 Å². The Morgan fingerprint density at radius 2 is 1.35 bits per heavy atom. The van der Waals surface area contributed by atoms with Gasteiger partial charge in [-0.3, -0.25) is 14.4 Å². The van der Waals surface area contributed by atoms with Gasteiger partial charge in [0.1, 0.15) is 17.8 Å². The van der Waals surface area contributed by atoms with Crippen molar-refractivity contribution in [2.24, 2.45) is 11.8 Å². The van der Waals surface area contributed by atoms with Crippen molar-refractivity contribution in [3.63, 3.8) is 0 Å². The van der Waals surface area contributed by atoms with E-state index in [2.05, 4.69) is 21.3 Å². The normalized spacial score (nSPS) is 13.5. The van der Waals surface area contributed by atoms with E-state index in [1.54, 1.807) is 19.2 Å². The standard InChI is InChI=1S/C27H46N5O5.3Ac/c1-17(2)14-22(26(36)32-24(16-33)18(3)4)30-27(37)23(15-19-9-11-20(34)12-10-19)31-25(35)21(29-5)8-6-7-13-28;;;/h9-12,17-18,21-24,28-29,33-34H,6-8,13-16H2,1-5H3,(H,30,37)(H,31,35)(H,32,36);;;/q-1;;;/t21?,22?,23-,24-;;;/m1.../s1. The molecule has 219 valence electrons. The number of hydrogen-bond donors (Lipinski definition) is 6. The summed E-state index contributed by atoms with van der Waals surface area (Å²) in [5, 5.41) is 30.7. The van der Waals surface area contributed by atoms with Crippen LogP contribution in [-0.2, 0) is 20.8 Å². The quantitative estimate of drug-likeness (QED) is 0.131. The predicted molar refractivity (Wildman–Crippen MR) is 145 cm³/mol.